The van der Waals surface area contributed by atoms with Gasteiger partial charge in [0.2, 0.25) is 0 Å². The predicted molar refractivity (Wildman–Crippen MR) is 88.1 cm³/mol. The summed E-state index contributed by atoms with van der Waals surface area (Å²) in [5.74, 6) is -3.34. The molecule has 8 heteroatoms. The molecule has 2 fully saturated rings. The van der Waals surface area contributed by atoms with Crippen LogP contribution < -0.4 is 5.73 Å². The van der Waals surface area contributed by atoms with Crippen molar-refractivity contribution in [1.82, 2.24) is 9.97 Å². The molecule has 4 N–H and O–H groups in total. The summed E-state index contributed by atoms with van der Waals surface area (Å²) in [4.78, 5) is 19.8. The van der Waals surface area contributed by atoms with Gasteiger partial charge in [-0.15, -0.1) is 0 Å². The summed E-state index contributed by atoms with van der Waals surface area (Å²) in [6.07, 6.45) is 4.92. The molecular weight excluding hydrogens is 341 g/mol. The third-order valence-electron chi connectivity index (χ3n) is 5.13. The van der Waals surface area contributed by atoms with Crippen molar-refractivity contribution in [2.75, 3.05) is 0 Å². The number of carbonyl (C=O) groups excluding carboxylic acids is 1. The molecule has 1 aliphatic carbocycles. The summed E-state index contributed by atoms with van der Waals surface area (Å²) in [5, 5.41) is 19.9. The Morgan fingerprint density at radius 1 is 1.38 bits per heavy atom. The lowest BCUT2D eigenvalue weighted by molar-refractivity contribution is -0.182. The van der Waals surface area contributed by atoms with Crippen molar-refractivity contribution >= 4 is 5.91 Å². The first-order valence-electron chi connectivity index (χ1n) is 8.36. The van der Waals surface area contributed by atoms with Crippen LogP contribution in [0.2, 0.25) is 0 Å². The molecule has 2 aromatic heterocycles. The zero-order valence-electron chi connectivity index (χ0n) is 13.9. The Kier molecular flexibility index (Phi) is 3.80. The Bertz CT molecular complexity index is 874. The number of primary amides is 1. The minimum absolute atomic E-state index is 0.0768. The van der Waals surface area contributed by atoms with Gasteiger partial charge in [-0.2, -0.15) is 0 Å². The van der Waals surface area contributed by atoms with Crippen LogP contribution in [0.1, 0.15) is 47.8 Å². The number of rotatable bonds is 3. The molecule has 2 aliphatic rings. The summed E-state index contributed by atoms with van der Waals surface area (Å²) in [7, 11) is 0. The Balaban J connectivity index is 1.86. The van der Waals surface area contributed by atoms with E-state index in [9.17, 15) is 19.4 Å². The van der Waals surface area contributed by atoms with Crippen molar-refractivity contribution in [3.8, 4) is 11.1 Å². The Labute approximate surface area is 148 Å². The molecule has 1 aliphatic heterocycles. The van der Waals surface area contributed by atoms with Gasteiger partial charge < -0.3 is 20.7 Å². The molecule has 0 bridgehead atoms. The summed E-state index contributed by atoms with van der Waals surface area (Å²) in [5.41, 5.74) is 5.11. The Morgan fingerprint density at radius 2 is 2.15 bits per heavy atom. The first kappa shape index (κ1) is 17.0. The zero-order valence-corrected chi connectivity index (χ0v) is 13.9. The second kappa shape index (κ2) is 5.80. The van der Waals surface area contributed by atoms with Gasteiger partial charge in [0.1, 0.15) is 17.1 Å². The van der Waals surface area contributed by atoms with Gasteiger partial charge in [-0.1, -0.05) is 6.07 Å². The average molecular weight is 359 g/mol. The SMILES string of the molecule is NC(=O)c1ncc(F)c(-c2cccnc2)c1C1CCCC2(CC2(O)O)O1. The number of nitrogens with two attached hydrogens (primary N) is 1. The third-order valence-corrected chi connectivity index (χ3v) is 5.13. The first-order chi connectivity index (χ1) is 12.3. The number of amides is 1. The number of aliphatic hydroxyl groups is 2. The first-order valence-corrected chi connectivity index (χ1v) is 8.36. The molecule has 2 aromatic rings. The number of carbonyl (C=O) groups is 1. The van der Waals surface area contributed by atoms with Gasteiger partial charge in [-0.25, -0.2) is 9.37 Å². The molecule has 1 spiro atoms. The van der Waals surface area contributed by atoms with Crippen LogP contribution in [0.5, 0.6) is 0 Å². The lowest BCUT2D eigenvalue weighted by atomic mass is 9.90. The second-order valence-corrected chi connectivity index (χ2v) is 6.84. The smallest absolute Gasteiger partial charge is 0.267 e. The second-order valence-electron chi connectivity index (χ2n) is 6.84. The molecule has 1 saturated carbocycles. The minimum atomic E-state index is -1.91. The van der Waals surface area contributed by atoms with E-state index in [0.717, 1.165) is 6.20 Å². The molecule has 0 radical (unpaired) electrons. The highest BCUT2D eigenvalue weighted by Crippen LogP contribution is 2.58. The molecule has 1 amide bonds. The van der Waals surface area contributed by atoms with Crippen molar-refractivity contribution in [3.63, 3.8) is 0 Å². The van der Waals surface area contributed by atoms with Gasteiger partial charge in [0.25, 0.3) is 5.91 Å². The number of pyridine rings is 2. The van der Waals surface area contributed by atoms with Crippen molar-refractivity contribution in [1.29, 1.82) is 0 Å². The minimum Gasteiger partial charge on any atom is -0.364 e. The van der Waals surface area contributed by atoms with Gasteiger partial charge in [0.15, 0.2) is 5.79 Å². The van der Waals surface area contributed by atoms with E-state index in [2.05, 4.69) is 9.97 Å². The molecular formula is C18H18FN3O4. The van der Waals surface area contributed by atoms with Crippen molar-refractivity contribution in [2.24, 2.45) is 5.73 Å². The molecule has 1 saturated heterocycles. The van der Waals surface area contributed by atoms with E-state index in [-0.39, 0.29) is 23.2 Å². The van der Waals surface area contributed by atoms with Crippen LogP contribution in [0.25, 0.3) is 11.1 Å². The Morgan fingerprint density at radius 3 is 2.77 bits per heavy atom. The summed E-state index contributed by atoms with van der Waals surface area (Å²) < 4.78 is 20.7. The number of hydrogen-bond acceptors (Lipinski definition) is 6. The van der Waals surface area contributed by atoms with Crippen LogP contribution in [0.3, 0.4) is 0 Å². The number of ether oxygens (including phenoxy) is 1. The largest absolute Gasteiger partial charge is 0.364 e. The lowest BCUT2D eigenvalue weighted by Crippen LogP contribution is -2.34. The zero-order chi connectivity index (χ0) is 18.5. The number of halogens is 1. The fourth-order valence-corrected chi connectivity index (χ4v) is 3.76. The topological polar surface area (TPSA) is 119 Å². The number of nitrogens with zero attached hydrogens (tertiary/aromatic N) is 2. The van der Waals surface area contributed by atoms with Gasteiger partial charge in [0, 0.05) is 35.5 Å². The normalized spacial score (nSPS) is 26.7. The van der Waals surface area contributed by atoms with Crippen LogP contribution >= 0.6 is 0 Å². The summed E-state index contributed by atoms with van der Waals surface area (Å²) in [6, 6.07) is 3.32. The van der Waals surface area contributed by atoms with E-state index in [0.29, 0.717) is 24.8 Å². The maximum absolute atomic E-state index is 14.7. The number of hydrogen-bond donors (Lipinski definition) is 3. The van der Waals surface area contributed by atoms with E-state index < -0.39 is 29.2 Å². The highest BCUT2D eigenvalue weighted by atomic mass is 19.1. The van der Waals surface area contributed by atoms with Gasteiger partial charge >= 0.3 is 0 Å². The molecule has 2 unspecified atom stereocenters. The molecule has 7 nitrogen and oxygen atoms in total. The van der Waals surface area contributed by atoms with Gasteiger partial charge in [0.05, 0.1) is 12.3 Å². The van der Waals surface area contributed by atoms with Crippen molar-refractivity contribution < 1.29 is 24.1 Å². The van der Waals surface area contributed by atoms with Crippen molar-refractivity contribution in [2.45, 2.75) is 43.2 Å². The van der Waals surface area contributed by atoms with Crippen LogP contribution in [-0.4, -0.2) is 37.5 Å². The van der Waals surface area contributed by atoms with E-state index >= 15 is 0 Å². The van der Waals surface area contributed by atoms with Crippen LogP contribution in [0.15, 0.2) is 30.7 Å². The van der Waals surface area contributed by atoms with E-state index in [1.54, 1.807) is 18.3 Å². The molecule has 26 heavy (non-hydrogen) atoms. The van der Waals surface area contributed by atoms with Crippen LogP contribution in [-0.2, 0) is 4.74 Å². The van der Waals surface area contributed by atoms with E-state index in [1.165, 1.54) is 6.20 Å². The fraction of sp³-hybridized carbons (Fsp3) is 0.389. The maximum Gasteiger partial charge on any atom is 0.267 e. The average Bonchev–Trinajstić information content (AvgIpc) is 3.13. The van der Waals surface area contributed by atoms with Gasteiger partial charge in [-0.05, 0) is 25.3 Å². The molecule has 2 atom stereocenters. The Hall–Kier alpha value is -2.42. The molecule has 4 rings (SSSR count). The summed E-state index contributed by atoms with van der Waals surface area (Å²) in [6.45, 7) is 0. The van der Waals surface area contributed by atoms with E-state index in [4.69, 9.17) is 10.5 Å². The maximum atomic E-state index is 14.7. The number of aromatic nitrogens is 2. The van der Waals surface area contributed by atoms with E-state index in [1.807, 2.05) is 0 Å². The van der Waals surface area contributed by atoms with Gasteiger partial charge in [-0.3, -0.25) is 9.78 Å². The highest BCUT2D eigenvalue weighted by molar-refractivity contribution is 5.94. The standard InChI is InChI=1S/C18H18FN3O4/c19-11-8-22-15(16(20)23)14(13(11)10-3-2-6-21-7-10)12-4-1-5-17(26-12)9-18(17,24)25/h2-3,6-8,12,24-25H,1,4-5,9H2,(H2,20,23). The quantitative estimate of drug-likeness (QED) is 0.714. The predicted octanol–water partition coefficient (Wildman–Crippen LogP) is 1.45. The van der Waals surface area contributed by atoms with Crippen molar-refractivity contribution in [3.05, 3.63) is 47.8 Å². The highest BCUT2D eigenvalue weighted by Gasteiger charge is 2.69. The monoisotopic (exact) mass is 359 g/mol. The molecule has 0 aromatic carbocycles. The third kappa shape index (κ3) is 2.57. The molecule has 3 heterocycles. The lowest BCUT2D eigenvalue weighted by Gasteiger charge is -2.33. The van der Waals surface area contributed by atoms with Crippen LogP contribution in [0, 0.1) is 5.82 Å². The molecule has 136 valence electrons. The summed E-state index contributed by atoms with van der Waals surface area (Å²) >= 11 is 0. The fourth-order valence-electron chi connectivity index (χ4n) is 3.76. The van der Waals surface area contributed by atoms with Crippen LogP contribution in [0.4, 0.5) is 4.39 Å².